The summed E-state index contributed by atoms with van der Waals surface area (Å²) in [5, 5.41) is 0. The first-order chi connectivity index (χ1) is 21.0. The molecule has 8 nitrogen and oxygen atoms in total. The molecule has 0 bridgehead atoms. The summed E-state index contributed by atoms with van der Waals surface area (Å²) in [5.74, 6) is 1.30. The minimum atomic E-state index is -0.551. The molecule has 2 heterocycles. The van der Waals surface area contributed by atoms with E-state index in [0.29, 0.717) is 36.2 Å². The van der Waals surface area contributed by atoms with Crippen LogP contribution < -0.4 is 19.1 Å². The number of benzene rings is 3. The van der Waals surface area contributed by atoms with Gasteiger partial charge in [-0.15, -0.1) is 11.6 Å². The molecule has 1 amide bonds. The van der Waals surface area contributed by atoms with E-state index >= 15 is 0 Å². The number of esters is 1. The first kappa shape index (κ1) is 30.7. The first-order valence-corrected chi connectivity index (χ1v) is 15.4. The molecule has 5 rings (SSSR count). The number of rotatable bonds is 12. The highest BCUT2D eigenvalue weighted by Gasteiger charge is 2.49. The Hall–Kier alpha value is -3.75. The highest BCUT2D eigenvalue weighted by atomic mass is 35.5. The van der Waals surface area contributed by atoms with Crippen LogP contribution in [0.15, 0.2) is 66.7 Å². The van der Waals surface area contributed by atoms with E-state index in [-0.39, 0.29) is 37.7 Å². The zero-order valence-electron chi connectivity index (χ0n) is 25.0. The van der Waals surface area contributed by atoms with Gasteiger partial charge in [-0.25, -0.2) is 0 Å². The van der Waals surface area contributed by atoms with Gasteiger partial charge in [0.1, 0.15) is 5.75 Å². The number of hydrogen-bond donors (Lipinski definition) is 0. The molecular formula is C34H39ClN2O6. The predicted octanol–water partition coefficient (Wildman–Crippen LogP) is 6.32. The van der Waals surface area contributed by atoms with Crippen LogP contribution >= 0.6 is 11.6 Å². The molecule has 0 aliphatic carbocycles. The van der Waals surface area contributed by atoms with Gasteiger partial charge in [-0.1, -0.05) is 43.7 Å². The topological polar surface area (TPSA) is 77.5 Å². The van der Waals surface area contributed by atoms with Crippen molar-refractivity contribution in [2.75, 3.05) is 45.0 Å². The fourth-order valence-corrected chi connectivity index (χ4v) is 6.24. The summed E-state index contributed by atoms with van der Waals surface area (Å²) in [5.41, 5.74) is 3.63. The summed E-state index contributed by atoms with van der Waals surface area (Å²) in [6, 6.07) is 20.9. The number of anilines is 1. The Morgan fingerprint density at radius 2 is 1.77 bits per heavy atom. The highest BCUT2D eigenvalue weighted by Crippen LogP contribution is 2.48. The van der Waals surface area contributed by atoms with Crippen molar-refractivity contribution in [2.45, 2.75) is 44.5 Å². The van der Waals surface area contributed by atoms with Gasteiger partial charge in [-0.2, -0.15) is 0 Å². The standard InChI is InChI=1S/C34H39ClN2O6/c1-4-6-16-37(26-9-7-8-23(17-26)19-35)31(38)21-36-20-28(25-12-15-29-30(18-25)43-22-42-29)32(34(39)41-5-2)33(36)24-10-13-27(40-3)14-11-24/h7-15,17-18,28,32-33H,4-6,16,19-22H2,1-3H3/t28-,32+,33-/m1/s1. The predicted molar refractivity (Wildman–Crippen MR) is 166 cm³/mol. The smallest absolute Gasteiger partial charge is 0.311 e. The molecule has 3 aromatic rings. The molecule has 1 saturated heterocycles. The van der Waals surface area contributed by atoms with Crippen molar-refractivity contribution >= 4 is 29.2 Å². The number of halogens is 1. The average molecular weight is 607 g/mol. The summed E-state index contributed by atoms with van der Waals surface area (Å²) in [4.78, 5) is 31.9. The maximum absolute atomic E-state index is 14.2. The minimum Gasteiger partial charge on any atom is -0.497 e. The monoisotopic (exact) mass is 606 g/mol. The van der Waals surface area contributed by atoms with E-state index in [2.05, 4.69) is 11.8 Å². The fraction of sp³-hybridized carbons (Fsp3) is 0.412. The van der Waals surface area contributed by atoms with E-state index in [1.54, 1.807) is 7.11 Å². The van der Waals surface area contributed by atoms with E-state index in [9.17, 15) is 9.59 Å². The average Bonchev–Trinajstić information content (AvgIpc) is 3.66. The molecule has 0 saturated carbocycles. The number of likely N-dealkylation sites (tertiary alicyclic amines) is 1. The normalized spacial score (nSPS) is 19.3. The zero-order chi connectivity index (χ0) is 30.3. The van der Waals surface area contributed by atoms with E-state index in [0.717, 1.165) is 35.2 Å². The van der Waals surface area contributed by atoms with E-state index in [1.165, 1.54) is 0 Å². The number of amides is 1. The van der Waals surface area contributed by atoms with Crippen LogP contribution in [0.25, 0.3) is 0 Å². The van der Waals surface area contributed by atoms with Gasteiger partial charge in [0.15, 0.2) is 11.5 Å². The molecule has 0 aromatic heterocycles. The molecule has 0 spiro atoms. The Bertz CT molecular complexity index is 1410. The van der Waals surface area contributed by atoms with Crippen LogP contribution in [0.3, 0.4) is 0 Å². The second-order valence-electron chi connectivity index (χ2n) is 10.8. The van der Waals surface area contributed by atoms with Crippen LogP contribution in [0.1, 0.15) is 55.3 Å². The van der Waals surface area contributed by atoms with Crippen molar-refractivity contribution in [3.05, 3.63) is 83.4 Å². The molecule has 43 heavy (non-hydrogen) atoms. The maximum Gasteiger partial charge on any atom is 0.311 e. The van der Waals surface area contributed by atoms with Crippen LogP contribution in [0.5, 0.6) is 17.2 Å². The van der Waals surface area contributed by atoms with Gasteiger partial charge in [-0.3, -0.25) is 14.5 Å². The van der Waals surface area contributed by atoms with Crippen molar-refractivity contribution in [3.63, 3.8) is 0 Å². The Morgan fingerprint density at radius 3 is 2.49 bits per heavy atom. The summed E-state index contributed by atoms with van der Waals surface area (Å²) >= 11 is 6.13. The van der Waals surface area contributed by atoms with Crippen LogP contribution in [-0.4, -0.2) is 56.9 Å². The lowest BCUT2D eigenvalue weighted by Crippen LogP contribution is -2.41. The fourth-order valence-electron chi connectivity index (χ4n) is 6.08. The second kappa shape index (κ2) is 14.1. The van der Waals surface area contributed by atoms with Crippen LogP contribution in [0.4, 0.5) is 5.69 Å². The van der Waals surface area contributed by atoms with Gasteiger partial charge in [0, 0.05) is 36.6 Å². The lowest BCUT2D eigenvalue weighted by molar-refractivity contribution is -0.149. The van der Waals surface area contributed by atoms with Crippen LogP contribution in [-0.2, 0) is 20.2 Å². The Kier molecular flexibility index (Phi) is 10.1. The Labute approximate surface area is 258 Å². The van der Waals surface area contributed by atoms with Crippen molar-refractivity contribution in [2.24, 2.45) is 5.92 Å². The number of methoxy groups -OCH3 is 1. The van der Waals surface area contributed by atoms with Crippen molar-refractivity contribution < 1.29 is 28.5 Å². The molecule has 0 radical (unpaired) electrons. The van der Waals surface area contributed by atoms with Gasteiger partial charge in [0.2, 0.25) is 12.7 Å². The molecule has 3 aromatic carbocycles. The molecule has 2 aliphatic rings. The summed E-state index contributed by atoms with van der Waals surface area (Å²) in [7, 11) is 1.62. The molecular weight excluding hydrogens is 568 g/mol. The number of carbonyl (C=O) groups excluding carboxylic acids is 2. The summed E-state index contributed by atoms with van der Waals surface area (Å²) in [6.45, 7) is 5.55. The van der Waals surface area contributed by atoms with Gasteiger partial charge >= 0.3 is 5.97 Å². The zero-order valence-corrected chi connectivity index (χ0v) is 25.7. The summed E-state index contributed by atoms with van der Waals surface area (Å²) < 4.78 is 22.3. The van der Waals surface area contributed by atoms with Gasteiger partial charge < -0.3 is 23.8 Å². The number of alkyl halides is 1. The Balaban J connectivity index is 1.53. The van der Waals surface area contributed by atoms with Crippen molar-refractivity contribution in [3.8, 4) is 17.2 Å². The Morgan fingerprint density at radius 1 is 1.00 bits per heavy atom. The first-order valence-electron chi connectivity index (χ1n) is 14.9. The minimum absolute atomic E-state index is 0.0346. The molecule has 1 fully saturated rings. The third kappa shape index (κ3) is 6.76. The third-order valence-electron chi connectivity index (χ3n) is 8.19. The largest absolute Gasteiger partial charge is 0.497 e. The molecule has 0 N–H and O–H groups in total. The second-order valence-corrected chi connectivity index (χ2v) is 11.1. The number of unbranched alkanes of at least 4 members (excludes halogenated alkanes) is 1. The SMILES string of the molecule is CCCCN(C(=O)CN1C[C@H](c2ccc3c(c2)OCO3)[C@H](C(=O)OCC)[C@H]1c1ccc(OC)cc1)c1cccc(CCl)c1. The third-order valence-corrected chi connectivity index (χ3v) is 8.50. The number of ether oxygens (including phenoxy) is 4. The van der Waals surface area contributed by atoms with E-state index in [4.69, 9.17) is 30.5 Å². The van der Waals surface area contributed by atoms with Gasteiger partial charge in [0.25, 0.3) is 0 Å². The number of hydrogen-bond acceptors (Lipinski definition) is 7. The molecule has 3 atom stereocenters. The molecule has 9 heteroatoms. The van der Waals surface area contributed by atoms with Gasteiger partial charge in [-0.05, 0) is 66.4 Å². The van der Waals surface area contributed by atoms with Crippen molar-refractivity contribution in [1.82, 2.24) is 4.90 Å². The lowest BCUT2D eigenvalue weighted by Gasteiger charge is -2.30. The lowest BCUT2D eigenvalue weighted by atomic mass is 9.82. The molecule has 2 aliphatic heterocycles. The van der Waals surface area contributed by atoms with Gasteiger partial charge in [0.05, 0.1) is 26.2 Å². The molecule has 228 valence electrons. The maximum atomic E-state index is 14.2. The number of nitrogens with zero attached hydrogens (tertiary/aromatic N) is 2. The quantitative estimate of drug-likeness (QED) is 0.176. The highest BCUT2D eigenvalue weighted by molar-refractivity contribution is 6.17. The van der Waals surface area contributed by atoms with Crippen LogP contribution in [0.2, 0.25) is 0 Å². The van der Waals surface area contributed by atoms with E-state index < -0.39 is 12.0 Å². The van der Waals surface area contributed by atoms with E-state index in [1.807, 2.05) is 78.6 Å². The van der Waals surface area contributed by atoms with Crippen molar-refractivity contribution in [1.29, 1.82) is 0 Å². The summed E-state index contributed by atoms with van der Waals surface area (Å²) in [6.07, 6.45) is 1.82. The van der Waals surface area contributed by atoms with Crippen LogP contribution in [0, 0.1) is 5.92 Å². The molecule has 0 unspecified atom stereocenters. The number of fused-ring (bicyclic) bond motifs is 1. The number of carbonyl (C=O) groups is 2.